The number of phenolic OH excluding ortho intramolecular Hbond substituents is 1. The highest BCUT2D eigenvalue weighted by Crippen LogP contribution is 2.42. The van der Waals surface area contributed by atoms with Crippen molar-refractivity contribution in [3.05, 3.63) is 174 Å². The Morgan fingerprint density at radius 1 is 0.615 bits per heavy atom. The number of hydrogen-bond donors (Lipinski definition) is 8. The van der Waals surface area contributed by atoms with Gasteiger partial charge in [0, 0.05) is 46.4 Å². The number of hydrogen-bond acceptors (Lipinski definition) is 15. The van der Waals surface area contributed by atoms with E-state index in [2.05, 4.69) is 57.6 Å². The van der Waals surface area contributed by atoms with Crippen LogP contribution in [0.5, 0.6) is 17.2 Å². The average molecular weight is 1820 g/mol. The van der Waals surface area contributed by atoms with Gasteiger partial charge in [-0.3, -0.25) is 34.2 Å². The summed E-state index contributed by atoms with van der Waals surface area (Å²) >= 11 is 37.3. The molecule has 1 fully saturated rings. The number of aromatic nitrogens is 2. The largest absolute Gasteiger partial charge is 0.504 e. The molecule has 122 heavy (non-hydrogen) atoms. The van der Waals surface area contributed by atoms with Crippen LogP contribution in [0.4, 0.5) is 28.4 Å². The van der Waals surface area contributed by atoms with Gasteiger partial charge in [0.05, 0.1) is 55.1 Å². The topological polar surface area (TPSA) is 301 Å². The molecule has 1 aliphatic heterocycles. The Morgan fingerprint density at radius 2 is 1.18 bits per heavy atom. The van der Waals surface area contributed by atoms with E-state index in [4.69, 9.17) is 79.1 Å². The molecule has 8 rings (SSSR count). The minimum atomic E-state index is -4.28. The summed E-state index contributed by atoms with van der Waals surface area (Å²) in [6, 6.07) is 26.1. The molecular formula is C93H126Cl6N10O12S. The fraction of sp³-hybridized carbons (Fsp3) is 0.505. The van der Waals surface area contributed by atoms with E-state index in [9.17, 15) is 47.5 Å². The quantitative estimate of drug-likeness (QED) is 0.00761. The lowest BCUT2D eigenvalue weighted by molar-refractivity contribution is -0.135. The van der Waals surface area contributed by atoms with E-state index < -0.39 is 51.2 Å². The van der Waals surface area contributed by atoms with Crippen LogP contribution in [0, 0.1) is 19.3 Å². The van der Waals surface area contributed by atoms with Gasteiger partial charge in [-0.05, 0) is 123 Å². The summed E-state index contributed by atoms with van der Waals surface area (Å²) in [7, 11) is -4.28. The van der Waals surface area contributed by atoms with Crippen molar-refractivity contribution in [3.8, 4) is 17.2 Å². The third-order valence-electron chi connectivity index (χ3n) is 20.7. The first-order valence-corrected chi connectivity index (χ1v) is 47.0. The third-order valence-corrected chi connectivity index (χ3v) is 23.9. The Morgan fingerprint density at radius 3 is 1.74 bits per heavy atom. The minimum absolute atomic E-state index is 0.00105. The molecule has 2 heterocycles. The predicted molar refractivity (Wildman–Crippen MR) is 496 cm³/mol. The number of sulfonamides is 1. The van der Waals surface area contributed by atoms with E-state index in [0.717, 1.165) is 62.5 Å². The highest BCUT2D eigenvalue weighted by molar-refractivity contribution is 7.90. The summed E-state index contributed by atoms with van der Waals surface area (Å²) in [4.78, 5) is 87.1. The Balaban J connectivity index is 0.000000300. The van der Waals surface area contributed by atoms with E-state index in [1.165, 1.54) is 187 Å². The fourth-order valence-electron chi connectivity index (χ4n) is 13.8. The van der Waals surface area contributed by atoms with Crippen LogP contribution in [0.2, 0.25) is 30.1 Å². The second-order valence-electron chi connectivity index (χ2n) is 31.9. The average Bonchev–Trinajstić information content (AvgIpc) is 1.56. The van der Waals surface area contributed by atoms with Gasteiger partial charge in [-0.25, -0.2) is 28.1 Å². The highest BCUT2D eigenvalue weighted by atomic mass is 35.5. The molecule has 29 heteroatoms. The zero-order chi connectivity index (χ0) is 89.3. The van der Waals surface area contributed by atoms with E-state index in [1.54, 1.807) is 63.2 Å². The van der Waals surface area contributed by atoms with Crippen LogP contribution in [0.25, 0.3) is 0 Å². The zero-order valence-electron chi connectivity index (χ0n) is 72.5. The van der Waals surface area contributed by atoms with Crippen molar-refractivity contribution in [1.29, 1.82) is 0 Å². The maximum atomic E-state index is 14.3. The van der Waals surface area contributed by atoms with Gasteiger partial charge >= 0.3 is 0 Å². The molecule has 0 aliphatic carbocycles. The van der Waals surface area contributed by atoms with E-state index in [-0.39, 0.29) is 79.2 Å². The SMILES string of the molecule is CCCCC(Oc1ccc(C)cc1C)C(=O)Nc1cc(Cl)c(CC)c(Cl)c1O.CCCCCCCCCCCCCC(=O)Nc1ccc(Cl)c(N=C2CC(=O)N(c3c(Cl)cc(Cl)cc3Cl)N2)c1.CCCCCCCCCCCCCCCCOc1ccc(S(=O)(=O)NC(=O)CC)cc1NC(=O)C(C(=O)C(C)(C)C)n1ccnc1C(NO)c1ccccc1. The number of imidazole rings is 1. The number of carbonyl (C=O) groups excluding carboxylic acids is 6. The molecular weight excluding hydrogens is 1690 g/mol. The molecule has 3 atom stereocenters. The smallest absolute Gasteiger partial charge is 0.265 e. The predicted octanol–water partition coefficient (Wildman–Crippen LogP) is 25.2. The molecule has 0 spiro atoms. The summed E-state index contributed by atoms with van der Waals surface area (Å²) in [6.07, 6.45) is 36.2. The second kappa shape index (κ2) is 54.0. The monoisotopic (exact) mass is 1820 g/mol. The number of carbonyl (C=O) groups is 6. The molecule has 5 amide bonds. The first-order chi connectivity index (χ1) is 58.4. The number of hydrazine groups is 1. The van der Waals surface area contributed by atoms with Gasteiger partial charge in [-0.15, -0.1) is 0 Å². The summed E-state index contributed by atoms with van der Waals surface area (Å²) in [5.41, 5.74) is 9.11. The van der Waals surface area contributed by atoms with Crippen molar-refractivity contribution in [2.24, 2.45) is 10.4 Å². The Kier molecular flexibility index (Phi) is 45.5. The van der Waals surface area contributed by atoms with Crippen molar-refractivity contribution in [1.82, 2.24) is 25.2 Å². The van der Waals surface area contributed by atoms with Gasteiger partial charge < -0.3 is 40.3 Å². The number of aliphatic imine (C=N–C) groups is 1. The van der Waals surface area contributed by atoms with Crippen molar-refractivity contribution in [2.45, 2.75) is 298 Å². The van der Waals surface area contributed by atoms with Gasteiger partial charge in [0.15, 0.2) is 23.7 Å². The molecule has 22 nitrogen and oxygen atoms in total. The maximum absolute atomic E-state index is 14.3. The number of benzene rings is 6. The van der Waals surface area contributed by atoms with Crippen molar-refractivity contribution in [2.75, 3.05) is 27.6 Å². The second-order valence-corrected chi connectivity index (χ2v) is 36.0. The zero-order valence-corrected chi connectivity index (χ0v) is 77.8. The van der Waals surface area contributed by atoms with Gasteiger partial charge in [-0.2, -0.15) is 5.48 Å². The number of halogens is 6. The summed E-state index contributed by atoms with van der Waals surface area (Å²) in [5, 5.41) is 32.0. The summed E-state index contributed by atoms with van der Waals surface area (Å²) in [6.45, 7) is 19.3. The number of ketones is 1. The number of nitrogens with zero attached hydrogens (tertiary/aromatic N) is 4. The normalized spacial score (nSPS) is 13.1. The molecule has 8 N–H and O–H groups in total. The lowest BCUT2D eigenvalue weighted by Gasteiger charge is -2.28. The number of hydroxylamine groups is 1. The standard InChI is InChI=1S/C42H63N5O7S.C29H36Cl4N4O2.C22H27Cl2NO3/c1-6-8-9-10-11-12-13-14-15-16-17-18-19-23-30-54-35-27-26-33(55(52,53)46-36(48)7-2)31-34(35)44-41(50)38(39(49)42(3,4)5)47-29-28-43-40(47)37(45-51)32-24-21-20-22-25-32;1-2-3-4-5-6-7-8-9-10-11-12-13-27(38)34-21-14-15-22(31)25(18-21)35-26-19-28(39)37(36-26)29-23(32)16-20(30)17-24(29)33;1-5-7-8-19(28-18-10-9-13(3)11-14(18)4)22(27)25-17-12-16(23)15(6-2)20(24)21(17)26/h20-22,24-29,31,37-38,45,51H,6-19,23,30H2,1-5H3,(H,44,50)(H,46,48);14-18H,2-13,19H2,1H3,(H,34,38)(H,35,36);9-12,19,26H,5-8H2,1-4H3,(H,25,27). The first-order valence-electron chi connectivity index (χ1n) is 43.2. The first kappa shape index (κ1) is 103. The van der Waals surface area contributed by atoms with Crippen LogP contribution in [0.3, 0.4) is 0 Å². The maximum Gasteiger partial charge on any atom is 0.265 e. The fourth-order valence-corrected chi connectivity index (χ4v) is 16.7. The van der Waals surface area contributed by atoms with Gasteiger partial charge in [0.1, 0.15) is 34.9 Å². The van der Waals surface area contributed by atoms with E-state index >= 15 is 0 Å². The van der Waals surface area contributed by atoms with Crippen LogP contribution in [-0.2, 0) is 45.2 Å². The van der Waals surface area contributed by atoms with E-state index in [0.29, 0.717) is 80.7 Å². The van der Waals surface area contributed by atoms with Crippen LogP contribution in [-0.4, -0.2) is 82.1 Å². The number of amidine groups is 1. The number of aromatic hydroxyl groups is 1. The molecule has 3 unspecified atom stereocenters. The molecule has 6 aromatic carbocycles. The van der Waals surface area contributed by atoms with Crippen LogP contribution in [0.15, 0.2) is 125 Å². The van der Waals surface area contributed by atoms with Crippen LogP contribution in [0.1, 0.15) is 295 Å². The molecule has 7 aromatic rings. The van der Waals surface area contributed by atoms with Gasteiger partial charge in [0.2, 0.25) is 11.8 Å². The Hall–Kier alpha value is -7.97. The van der Waals surface area contributed by atoms with Crippen molar-refractivity contribution < 1.29 is 57.0 Å². The number of unbranched alkanes of at least 4 members (excludes halogenated alkanes) is 24. The van der Waals surface area contributed by atoms with Gasteiger partial charge in [0.25, 0.3) is 27.7 Å². The summed E-state index contributed by atoms with van der Waals surface area (Å²) in [5.74, 6) is -1.29. The summed E-state index contributed by atoms with van der Waals surface area (Å²) < 4.78 is 41.8. The molecule has 0 saturated carbocycles. The molecule has 0 bridgehead atoms. The third kappa shape index (κ3) is 33.8. The Bertz CT molecular complexity index is 4640. The van der Waals surface area contributed by atoms with Crippen LogP contribution >= 0.6 is 69.6 Å². The number of anilines is 4. The molecule has 0 radical (unpaired) electrons. The lowest BCUT2D eigenvalue weighted by atomic mass is 9.85. The number of nitrogens with one attached hydrogen (secondary N) is 6. The number of amides is 5. The molecule has 668 valence electrons. The molecule has 1 aliphatic rings. The van der Waals surface area contributed by atoms with Gasteiger partial charge in [-0.1, -0.05) is 327 Å². The number of phenols is 1. The number of ether oxygens (including phenoxy) is 2. The molecule has 1 saturated heterocycles. The van der Waals surface area contributed by atoms with Crippen LogP contribution < -0.4 is 46.1 Å². The minimum Gasteiger partial charge on any atom is -0.504 e. The molecule has 1 aromatic heterocycles. The van der Waals surface area contributed by atoms with E-state index in [1.807, 2.05) is 49.8 Å². The lowest BCUT2D eigenvalue weighted by Crippen LogP contribution is -2.40. The number of aryl methyl sites for hydroxylation is 2. The van der Waals surface area contributed by atoms with Crippen molar-refractivity contribution >= 4 is 149 Å². The highest BCUT2D eigenvalue weighted by Gasteiger charge is 2.39. The van der Waals surface area contributed by atoms with Crippen molar-refractivity contribution in [3.63, 3.8) is 0 Å². The number of Topliss-reactive ketones (excluding diaryl/α,β-unsaturated/α-hetero) is 1. The Labute approximate surface area is 752 Å². The number of rotatable bonds is 49.